The third-order valence-electron chi connectivity index (χ3n) is 5.01. The number of aryl methyl sites for hydroxylation is 2. The molecule has 4 heterocycles. The highest BCUT2D eigenvalue weighted by atomic mass is 16.5. The van der Waals surface area contributed by atoms with E-state index in [9.17, 15) is 5.26 Å². The molecule has 1 N–H and O–H groups in total. The van der Waals surface area contributed by atoms with Crippen LogP contribution >= 0.6 is 0 Å². The monoisotopic (exact) mass is 468 g/mol. The summed E-state index contributed by atoms with van der Waals surface area (Å²) in [4.78, 5) is 12.9. The molecule has 4 rings (SSSR count). The smallest absolute Gasteiger partial charge is 0.215 e. The van der Waals surface area contributed by atoms with Gasteiger partial charge in [0.25, 0.3) is 0 Å². The number of nitriles is 2. The molecular formula is C25H24N8O2. The lowest BCUT2D eigenvalue weighted by molar-refractivity contribution is 0.226. The highest BCUT2D eigenvalue weighted by molar-refractivity contribution is 5.75. The van der Waals surface area contributed by atoms with Gasteiger partial charge in [-0.1, -0.05) is 0 Å². The molecule has 0 aliphatic rings. The SMILES string of the molecule is Cc1cc(Nc2cc3cc(-c4cc(OCC#N)ncc4OCC(C)(C)C#N)ccn3n2)nc(C)n1. The molecule has 0 aliphatic carbocycles. The van der Waals surface area contributed by atoms with E-state index < -0.39 is 5.41 Å². The van der Waals surface area contributed by atoms with Gasteiger partial charge < -0.3 is 14.8 Å². The van der Waals surface area contributed by atoms with Gasteiger partial charge in [-0.2, -0.15) is 15.6 Å². The summed E-state index contributed by atoms with van der Waals surface area (Å²) < 4.78 is 13.1. The van der Waals surface area contributed by atoms with Crippen LogP contribution in [0.3, 0.4) is 0 Å². The van der Waals surface area contributed by atoms with Crippen LogP contribution in [0.1, 0.15) is 25.4 Å². The second kappa shape index (κ2) is 9.65. The lowest BCUT2D eigenvalue weighted by Crippen LogP contribution is -2.19. The molecule has 0 bridgehead atoms. The van der Waals surface area contributed by atoms with Gasteiger partial charge in [0, 0.05) is 35.7 Å². The molecule has 10 nitrogen and oxygen atoms in total. The first-order valence-electron chi connectivity index (χ1n) is 10.9. The maximum absolute atomic E-state index is 9.34. The van der Waals surface area contributed by atoms with Crippen LogP contribution in [0.4, 0.5) is 11.6 Å². The van der Waals surface area contributed by atoms with E-state index in [0.717, 1.165) is 22.3 Å². The van der Waals surface area contributed by atoms with Crippen molar-refractivity contribution >= 4 is 17.2 Å². The van der Waals surface area contributed by atoms with Crippen LogP contribution in [0.25, 0.3) is 16.6 Å². The van der Waals surface area contributed by atoms with Crippen molar-refractivity contribution in [2.24, 2.45) is 5.41 Å². The Bertz CT molecular complexity index is 1440. The van der Waals surface area contributed by atoms with E-state index in [0.29, 0.717) is 29.1 Å². The average Bonchev–Trinajstić information content (AvgIpc) is 3.22. The second-order valence-corrected chi connectivity index (χ2v) is 8.63. The van der Waals surface area contributed by atoms with Crippen LogP contribution in [-0.4, -0.2) is 37.8 Å². The Kier molecular flexibility index (Phi) is 6.47. The lowest BCUT2D eigenvalue weighted by atomic mass is 9.97. The van der Waals surface area contributed by atoms with Gasteiger partial charge in [-0.05, 0) is 45.4 Å². The molecule has 0 radical (unpaired) electrons. The summed E-state index contributed by atoms with van der Waals surface area (Å²) in [5.74, 6) is 2.80. The van der Waals surface area contributed by atoms with Crippen molar-refractivity contribution in [2.45, 2.75) is 27.7 Å². The van der Waals surface area contributed by atoms with Gasteiger partial charge in [0.2, 0.25) is 5.88 Å². The molecule has 0 spiro atoms. The van der Waals surface area contributed by atoms with Crippen molar-refractivity contribution in [1.29, 1.82) is 10.5 Å². The largest absolute Gasteiger partial charge is 0.490 e. The molecule has 0 saturated carbocycles. The Morgan fingerprint density at radius 3 is 2.63 bits per heavy atom. The number of nitrogens with one attached hydrogen (secondary N) is 1. The number of nitrogens with zero attached hydrogens (tertiary/aromatic N) is 7. The van der Waals surface area contributed by atoms with Gasteiger partial charge in [0.15, 0.2) is 12.4 Å². The fourth-order valence-corrected chi connectivity index (χ4v) is 3.38. The molecule has 0 saturated heterocycles. The van der Waals surface area contributed by atoms with Crippen LogP contribution in [0, 0.1) is 41.9 Å². The Morgan fingerprint density at radius 1 is 1.06 bits per heavy atom. The zero-order valence-electron chi connectivity index (χ0n) is 19.9. The summed E-state index contributed by atoms with van der Waals surface area (Å²) in [5.41, 5.74) is 2.60. The number of pyridine rings is 2. The van der Waals surface area contributed by atoms with Crippen molar-refractivity contribution in [1.82, 2.24) is 24.6 Å². The number of hydrogen-bond acceptors (Lipinski definition) is 9. The summed E-state index contributed by atoms with van der Waals surface area (Å²) in [6.45, 7) is 7.44. The summed E-state index contributed by atoms with van der Waals surface area (Å²) in [7, 11) is 0. The van der Waals surface area contributed by atoms with Crippen molar-refractivity contribution in [2.75, 3.05) is 18.5 Å². The van der Waals surface area contributed by atoms with Crippen molar-refractivity contribution in [3.8, 4) is 34.9 Å². The number of aromatic nitrogens is 5. The predicted octanol–water partition coefficient (Wildman–Crippen LogP) is 4.38. The van der Waals surface area contributed by atoms with E-state index in [1.165, 1.54) is 0 Å². The highest BCUT2D eigenvalue weighted by Crippen LogP contribution is 2.34. The van der Waals surface area contributed by atoms with E-state index in [2.05, 4.69) is 31.4 Å². The van der Waals surface area contributed by atoms with E-state index in [1.54, 1.807) is 30.6 Å². The first-order valence-corrected chi connectivity index (χ1v) is 10.9. The van der Waals surface area contributed by atoms with Crippen molar-refractivity contribution in [3.05, 3.63) is 54.2 Å². The number of rotatable bonds is 8. The first-order chi connectivity index (χ1) is 16.8. The van der Waals surface area contributed by atoms with Crippen molar-refractivity contribution < 1.29 is 9.47 Å². The molecule has 0 atom stereocenters. The molecule has 35 heavy (non-hydrogen) atoms. The summed E-state index contributed by atoms with van der Waals surface area (Å²) in [5, 5.41) is 26.0. The van der Waals surface area contributed by atoms with Gasteiger partial charge >= 0.3 is 0 Å². The Hall–Kier alpha value is -4.70. The Labute approximate surface area is 202 Å². The normalized spacial score (nSPS) is 11.0. The van der Waals surface area contributed by atoms with Crippen LogP contribution in [-0.2, 0) is 0 Å². The molecule has 176 valence electrons. The number of anilines is 2. The molecule has 4 aromatic heterocycles. The van der Waals surface area contributed by atoms with Crippen LogP contribution < -0.4 is 14.8 Å². The third kappa shape index (κ3) is 5.63. The molecular weight excluding hydrogens is 444 g/mol. The fourth-order valence-electron chi connectivity index (χ4n) is 3.38. The molecule has 0 aliphatic heterocycles. The number of hydrogen-bond donors (Lipinski definition) is 1. The summed E-state index contributed by atoms with van der Waals surface area (Å²) in [6.07, 6.45) is 3.38. The molecule has 0 amide bonds. The van der Waals surface area contributed by atoms with Crippen LogP contribution in [0.2, 0.25) is 0 Å². The molecule has 0 fully saturated rings. The lowest BCUT2D eigenvalue weighted by Gasteiger charge is -2.18. The number of fused-ring (bicyclic) bond motifs is 1. The minimum Gasteiger partial charge on any atom is -0.490 e. The first kappa shape index (κ1) is 23.5. The second-order valence-electron chi connectivity index (χ2n) is 8.63. The van der Waals surface area contributed by atoms with Gasteiger partial charge in [0.1, 0.15) is 30.1 Å². The van der Waals surface area contributed by atoms with Gasteiger partial charge in [0.05, 0.1) is 23.2 Å². The quantitative estimate of drug-likeness (QED) is 0.400. The number of ether oxygens (including phenoxy) is 2. The molecule has 0 unspecified atom stereocenters. The highest BCUT2D eigenvalue weighted by Gasteiger charge is 2.20. The maximum atomic E-state index is 9.34. The Balaban J connectivity index is 1.68. The zero-order valence-corrected chi connectivity index (χ0v) is 19.9. The van der Waals surface area contributed by atoms with E-state index >= 15 is 0 Å². The van der Waals surface area contributed by atoms with E-state index in [-0.39, 0.29) is 13.2 Å². The topological polar surface area (TPSA) is 134 Å². The molecule has 10 heteroatoms. The molecule has 0 aromatic carbocycles. The summed E-state index contributed by atoms with van der Waals surface area (Å²) >= 11 is 0. The standard InChI is InChI=1S/C25H24N8O2/c1-16-9-22(30-17(2)29-16)31-23-11-19-10-18(5-7-33(19)32-23)20-12-24(34-8-6-26)28-13-21(20)35-15-25(3,4)14-27/h5,7,9-13H,8,15H2,1-4H3,(H,29,30,31,32). The minimum absolute atomic E-state index is 0.118. The average molecular weight is 469 g/mol. The summed E-state index contributed by atoms with van der Waals surface area (Å²) in [6, 6.07) is 13.5. The fraction of sp³-hybridized carbons (Fsp3) is 0.280. The van der Waals surface area contributed by atoms with Gasteiger partial charge in [-0.3, -0.25) is 0 Å². The van der Waals surface area contributed by atoms with Crippen LogP contribution in [0.5, 0.6) is 11.6 Å². The van der Waals surface area contributed by atoms with E-state index in [1.807, 2.05) is 50.4 Å². The maximum Gasteiger partial charge on any atom is 0.215 e. The van der Waals surface area contributed by atoms with Gasteiger partial charge in [-0.25, -0.2) is 19.5 Å². The Morgan fingerprint density at radius 2 is 1.89 bits per heavy atom. The zero-order chi connectivity index (χ0) is 25.0. The van der Waals surface area contributed by atoms with Crippen molar-refractivity contribution in [3.63, 3.8) is 0 Å². The predicted molar refractivity (Wildman–Crippen MR) is 129 cm³/mol. The van der Waals surface area contributed by atoms with E-state index in [4.69, 9.17) is 14.7 Å². The third-order valence-corrected chi connectivity index (χ3v) is 5.01. The minimum atomic E-state index is -0.666. The molecule has 4 aromatic rings. The van der Waals surface area contributed by atoms with Crippen LogP contribution in [0.15, 0.2) is 42.7 Å². The van der Waals surface area contributed by atoms with Gasteiger partial charge in [-0.15, -0.1) is 0 Å².